The van der Waals surface area contributed by atoms with E-state index < -0.39 is 28.9 Å². The molecule has 7 heteroatoms. The average molecular weight is 769 g/mol. The van der Waals surface area contributed by atoms with Crippen LogP contribution in [0.3, 0.4) is 0 Å². The zero-order valence-corrected chi connectivity index (χ0v) is 31.4. The van der Waals surface area contributed by atoms with Gasteiger partial charge in [0.15, 0.2) is 0 Å². The summed E-state index contributed by atoms with van der Waals surface area (Å²) in [5, 5.41) is 2.97. The minimum Gasteiger partial charge on any atom is -0.309 e. The van der Waals surface area contributed by atoms with Crippen LogP contribution in [0, 0.1) is 25.5 Å². The summed E-state index contributed by atoms with van der Waals surface area (Å²) in [6, 6.07) is 48.1. The highest BCUT2D eigenvalue weighted by molar-refractivity contribution is 6.12. The minimum atomic E-state index is -4.92. The number of benzene rings is 8. The Hall–Kier alpha value is -6.99. The van der Waals surface area contributed by atoms with Gasteiger partial charge in [-0.3, -0.25) is 0 Å². The number of para-hydroxylation sites is 2. The summed E-state index contributed by atoms with van der Waals surface area (Å²) >= 11 is 0. The number of aromatic nitrogens is 2. The molecule has 0 saturated carbocycles. The fourth-order valence-electron chi connectivity index (χ4n) is 8.77. The maximum atomic E-state index is 16.3. The maximum absolute atomic E-state index is 16.3. The SMILES string of the molecule is Cc1ccccc1-c1ccc2c(c1)c1ccccc1n2-c1cc(-c2c(F)cccc2F)cc(-n2c3ccccc3c3cc(-c4ccccc4C)ccc32)c1C(F)(F)F. The second kappa shape index (κ2) is 13.3. The predicted molar refractivity (Wildman–Crippen MR) is 226 cm³/mol. The van der Waals surface area contributed by atoms with Gasteiger partial charge in [-0.25, -0.2) is 8.78 Å². The molecule has 2 heterocycles. The van der Waals surface area contributed by atoms with Crippen LogP contribution in [0.5, 0.6) is 0 Å². The van der Waals surface area contributed by atoms with Crippen molar-refractivity contribution in [3.8, 4) is 44.8 Å². The smallest absolute Gasteiger partial charge is 0.309 e. The molecule has 8 aromatic carbocycles. The molecule has 58 heavy (non-hydrogen) atoms. The standard InChI is InChI=1S/C51H33F5N2/c1-30-12-3-5-14-35(30)32-22-24-45-39(26-32)37-16-7-9-20-43(37)57(45)47-28-34(49-41(52)18-11-19-42(49)53)29-48(50(47)51(54,55)56)58-44-21-10-8-17-38(44)40-27-33(23-25-46(40)58)36-15-6-4-13-31(36)2/h3-29H,1-2H3. The third-order valence-corrected chi connectivity index (χ3v) is 11.4. The first-order valence-corrected chi connectivity index (χ1v) is 19.0. The highest BCUT2D eigenvalue weighted by Gasteiger charge is 2.40. The summed E-state index contributed by atoms with van der Waals surface area (Å²) in [7, 11) is 0. The van der Waals surface area contributed by atoms with Crippen LogP contribution in [0.15, 0.2) is 164 Å². The largest absolute Gasteiger partial charge is 0.420 e. The van der Waals surface area contributed by atoms with E-state index in [2.05, 4.69) is 0 Å². The van der Waals surface area contributed by atoms with E-state index in [9.17, 15) is 0 Å². The topological polar surface area (TPSA) is 9.86 Å². The molecule has 0 amide bonds. The highest BCUT2D eigenvalue weighted by atomic mass is 19.4. The zero-order chi connectivity index (χ0) is 39.9. The highest BCUT2D eigenvalue weighted by Crippen LogP contribution is 2.47. The van der Waals surface area contributed by atoms with Gasteiger partial charge in [0.1, 0.15) is 17.2 Å². The fourth-order valence-corrected chi connectivity index (χ4v) is 8.77. The Kier molecular flexibility index (Phi) is 8.13. The lowest BCUT2D eigenvalue weighted by atomic mass is 9.97. The van der Waals surface area contributed by atoms with Gasteiger partial charge in [0.2, 0.25) is 0 Å². The van der Waals surface area contributed by atoms with Gasteiger partial charge in [-0.05, 0) is 113 Å². The Bertz CT molecular complexity index is 3070. The van der Waals surface area contributed by atoms with Crippen molar-refractivity contribution >= 4 is 43.6 Å². The molecule has 0 unspecified atom stereocenters. The van der Waals surface area contributed by atoms with Gasteiger partial charge in [0, 0.05) is 21.5 Å². The molecule has 282 valence electrons. The number of hydrogen-bond donors (Lipinski definition) is 0. The van der Waals surface area contributed by atoms with Gasteiger partial charge in [0.05, 0.1) is 39.0 Å². The zero-order valence-electron chi connectivity index (χ0n) is 31.4. The third-order valence-electron chi connectivity index (χ3n) is 11.4. The van der Waals surface area contributed by atoms with E-state index in [1.54, 1.807) is 33.4 Å². The molecule has 0 radical (unpaired) electrons. The molecule has 0 N–H and O–H groups in total. The molecule has 0 fully saturated rings. The predicted octanol–water partition coefficient (Wildman–Crippen LogP) is 14.8. The van der Waals surface area contributed by atoms with Gasteiger partial charge >= 0.3 is 6.18 Å². The van der Waals surface area contributed by atoms with Crippen LogP contribution >= 0.6 is 0 Å². The van der Waals surface area contributed by atoms with Crippen molar-refractivity contribution in [1.82, 2.24) is 9.13 Å². The number of aryl methyl sites for hydroxylation is 2. The van der Waals surface area contributed by atoms with Crippen molar-refractivity contribution in [2.24, 2.45) is 0 Å². The normalized spacial score (nSPS) is 12.1. The molecule has 2 aromatic heterocycles. The number of alkyl halides is 3. The second-order valence-corrected chi connectivity index (χ2v) is 14.8. The van der Waals surface area contributed by atoms with Crippen LogP contribution in [-0.2, 0) is 6.18 Å². The van der Waals surface area contributed by atoms with Crippen molar-refractivity contribution in [2.45, 2.75) is 20.0 Å². The molecule has 0 aliphatic heterocycles. The third kappa shape index (κ3) is 5.52. The summed E-state index contributed by atoms with van der Waals surface area (Å²) in [6.07, 6.45) is -4.92. The number of fused-ring (bicyclic) bond motifs is 6. The van der Waals surface area contributed by atoms with Crippen LogP contribution in [-0.4, -0.2) is 9.13 Å². The van der Waals surface area contributed by atoms with E-state index in [1.165, 1.54) is 18.2 Å². The van der Waals surface area contributed by atoms with Crippen LogP contribution in [0.25, 0.3) is 88.4 Å². The van der Waals surface area contributed by atoms with Crippen molar-refractivity contribution in [1.29, 1.82) is 0 Å². The Morgan fingerprint density at radius 2 is 0.810 bits per heavy atom. The van der Waals surface area contributed by atoms with Gasteiger partial charge in [-0.1, -0.05) is 103 Å². The van der Waals surface area contributed by atoms with E-state index in [-0.39, 0.29) is 16.9 Å². The van der Waals surface area contributed by atoms with Crippen molar-refractivity contribution in [3.05, 3.63) is 192 Å². The number of halogens is 5. The molecule has 0 saturated heterocycles. The molecule has 0 bridgehead atoms. The van der Waals surface area contributed by atoms with Crippen molar-refractivity contribution in [3.63, 3.8) is 0 Å². The van der Waals surface area contributed by atoms with E-state index in [1.807, 2.05) is 123 Å². The van der Waals surface area contributed by atoms with Gasteiger partial charge in [0.25, 0.3) is 0 Å². The fraction of sp³-hybridized carbons (Fsp3) is 0.0588. The molecule has 0 spiro atoms. The summed E-state index contributed by atoms with van der Waals surface area (Å²) < 4.78 is 83.7. The molecule has 10 aromatic rings. The lowest BCUT2D eigenvalue weighted by Crippen LogP contribution is -2.16. The second-order valence-electron chi connectivity index (χ2n) is 14.8. The molecule has 10 rings (SSSR count). The van der Waals surface area contributed by atoms with Gasteiger partial charge < -0.3 is 9.13 Å². The first-order chi connectivity index (χ1) is 28.1. The number of nitrogens with zero attached hydrogens (tertiary/aromatic N) is 2. The first-order valence-electron chi connectivity index (χ1n) is 19.0. The quantitative estimate of drug-likeness (QED) is 0.154. The van der Waals surface area contributed by atoms with Crippen LogP contribution in [0.4, 0.5) is 22.0 Å². The average Bonchev–Trinajstić information content (AvgIpc) is 3.72. The van der Waals surface area contributed by atoms with E-state index in [4.69, 9.17) is 0 Å². The molecule has 0 aliphatic carbocycles. The number of hydrogen-bond acceptors (Lipinski definition) is 0. The molecule has 2 nitrogen and oxygen atoms in total. The Morgan fingerprint density at radius 1 is 0.397 bits per heavy atom. The Morgan fingerprint density at radius 3 is 1.26 bits per heavy atom. The van der Waals surface area contributed by atoms with E-state index in [0.717, 1.165) is 67.1 Å². The van der Waals surface area contributed by atoms with Crippen molar-refractivity contribution < 1.29 is 22.0 Å². The van der Waals surface area contributed by atoms with Crippen LogP contribution < -0.4 is 0 Å². The molecule has 0 atom stereocenters. The summed E-state index contributed by atoms with van der Waals surface area (Å²) in [6.45, 7) is 4.04. The Balaban J connectivity index is 1.35. The summed E-state index contributed by atoms with van der Waals surface area (Å²) in [4.78, 5) is 0. The lowest BCUT2D eigenvalue weighted by molar-refractivity contribution is -0.137. The number of rotatable bonds is 5. The molecular formula is C51H33F5N2. The van der Waals surface area contributed by atoms with Crippen molar-refractivity contribution in [2.75, 3.05) is 0 Å². The van der Waals surface area contributed by atoms with Gasteiger partial charge in [-0.15, -0.1) is 0 Å². The van der Waals surface area contributed by atoms with Crippen LogP contribution in [0.2, 0.25) is 0 Å². The van der Waals surface area contributed by atoms with Crippen LogP contribution in [0.1, 0.15) is 16.7 Å². The summed E-state index contributed by atoms with van der Waals surface area (Å²) in [5.41, 5.74) is 6.17. The van der Waals surface area contributed by atoms with E-state index in [0.29, 0.717) is 22.1 Å². The minimum absolute atomic E-state index is 0.0291. The summed E-state index contributed by atoms with van der Waals surface area (Å²) in [5.74, 6) is -1.77. The van der Waals surface area contributed by atoms with Gasteiger partial charge in [-0.2, -0.15) is 13.2 Å². The lowest BCUT2D eigenvalue weighted by Gasteiger charge is -2.23. The molecule has 0 aliphatic rings. The maximum Gasteiger partial charge on any atom is 0.420 e. The Labute approximate surface area is 330 Å². The monoisotopic (exact) mass is 768 g/mol. The molecular weight excluding hydrogens is 736 g/mol. The van der Waals surface area contributed by atoms with E-state index >= 15 is 22.0 Å². The first kappa shape index (κ1) is 35.4.